The average Bonchev–Trinajstić information content (AvgIpc) is 2.34. The van der Waals surface area contributed by atoms with Gasteiger partial charge in [0, 0.05) is 18.3 Å². The number of rotatable bonds is 7. The van der Waals surface area contributed by atoms with E-state index in [2.05, 4.69) is 0 Å². The zero-order valence-corrected chi connectivity index (χ0v) is 14.3. The van der Waals surface area contributed by atoms with Gasteiger partial charge in [0.05, 0.1) is 5.56 Å². The van der Waals surface area contributed by atoms with E-state index < -0.39 is 20.5 Å². The van der Waals surface area contributed by atoms with E-state index in [4.69, 9.17) is 8.85 Å². The average molecular weight is 336 g/mol. The lowest BCUT2D eigenvalue weighted by Crippen LogP contribution is -2.46. The van der Waals surface area contributed by atoms with Gasteiger partial charge in [0.15, 0.2) is 0 Å². The van der Waals surface area contributed by atoms with Crippen molar-refractivity contribution < 1.29 is 26.8 Å². The maximum absolute atomic E-state index is 12.7. The van der Waals surface area contributed by atoms with E-state index in [1.165, 1.54) is 6.07 Å². The summed E-state index contributed by atoms with van der Waals surface area (Å²) in [6, 6.07) is 5.28. The fraction of sp³-hybridized carbons (Fsp3) is 0.600. The van der Waals surface area contributed by atoms with E-state index in [9.17, 15) is 18.0 Å². The standard InChI is InChI=1S/C15H23F3O3Si/c1-11(2)20-22(19,21-12(3)4)9-8-13-6-5-7-14(10-13)15(16,17)18/h5-7,10-12,19H,8-9H2,1-4H3. The molecule has 22 heavy (non-hydrogen) atoms. The molecule has 7 heteroatoms. The summed E-state index contributed by atoms with van der Waals surface area (Å²) in [4.78, 5) is 10.5. The maximum atomic E-state index is 12.7. The van der Waals surface area contributed by atoms with Crippen molar-refractivity contribution in [3.05, 3.63) is 35.4 Å². The molecule has 1 rings (SSSR count). The maximum Gasteiger partial charge on any atom is 0.498 e. The number of benzene rings is 1. The Morgan fingerprint density at radius 2 is 1.64 bits per heavy atom. The molecule has 0 heterocycles. The smallest absolute Gasteiger partial charge is 0.390 e. The lowest BCUT2D eigenvalue weighted by Gasteiger charge is -2.28. The Kier molecular flexibility index (Phi) is 6.60. The van der Waals surface area contributed by atoms with E-state index in [1.807, 2.05) is 0 Å². The Hall–Kier alpha value is -0.893. The molecule has 0 bridgehead atoms. The van der Waals surface area contributed by atoms with Crippen molar-refractivity contribution >= 4 is 8.80 Å². The molecule has 0 unspecified atom stereocenters. The predicted molar refractivity (Wildman–Crippen MR) is 80.4 cm³/mol. The summed E-state index contributed by atoms with van der Waals surface area (Å²) < 4.78 is 49.1. The number of hydrogen-bond acceptors (Lipinski definition) is 3. The van der Waals surface area contributed by atoms with Crippen LogP contribution in [0, 0.1) is 0 Å². The van der Waals surface area contributed by atoms with E-state index in [0.717, 1.165) is 12.1 Å². The molecule has 0 aliphatic carbocycles. The molecular weight excluding hydrogens is 313 g/mol. The highest BCUT2D eigenvalue weighted by atomic mass is 28.4. The summed E-state index contributed by atoms with van der Waals surface area (Å²) >= 11 is 0. The Balaban J connectivity index is 2.80. The van der Waals surface area contributed by atoms with Crippen LogP contribution in [0.15, 0.2) is 24.3 Å². The molecule has 0 aliphatic rings. The normalized spacial score (nSPS) is 13.2. The molecule has 0 atom stereocenters. The summed E-state index contributed by atoms with van der Waals surface area (Å²) in [6.45, 7) is 7.13. The van der Waals surface area contributed by atoms with E-state index in [0.29, 0.717) is 5.56 Å². The second-order valence-electron chi connectivity index (χ2n) is 5.74. The van der Waals surface area contributed by atoms with Crippen LogP contribution in [0.3, 0.4) is 0 Å². The Morgan fingerprint density at radius 1 is 1.09 bits per heavy atom. The third-order valence-corrected chi connectivity index (χ3v) is 5.38. The molecule has 0 saturated heterocycles. The van der Waals surface area contributed by atoms with Gasteiger partial charge in [-0.15, -0.1) is 0 Å². The Morgan fingerprint density at radius 3 is 2.09 bits per heavy atom. The van der Waals surface area contributed by atoms with Crippen molar-refractivity contribution in [2.24, 2.45) is 0 Å². The number of alkyl halides is 3. The van der Waals surface area contributed by atoms with Gasteiger partial charge in [-0.1, -0.05) is 18.2 Å². The second kappa shape index (κ2) is 7.59. The molecule has 0 amide bonds. The second-order valence-corrected chi connectivity index (χ2v) is 8.14. The summed E-state index contributed by atoms with van der Waals surface area (Å²) in [7, 11) is -3.40. The first-order chi connectivity index (χ1) is 10.0. The van der Waals surface area contributed by atoms with Crippen LogP contribution in [0.25, 0.3) is 0 Å². The Labute approximate surface area is 130 Å². The van der Waals surface area contributed by atoms with Gasteiger partial charge in [0.1, 0.15) is 0 Å². The van der Waals surface area contributed by atoms with E-state index in [-0.39, 0.29) is 24.7 Å². The molecule has 0 saturated carbocycles. The molecule has 0 fully saturated rings. The number of hydrogen-bond donors (Lipinski definition) is 1. The van der Waals surface area contributed by atoms with Gasteiger partial charge in [-0.25, -0.2) is 0 Å². The first-order valence-corrected chi connectivity index (χ1v) is 9.23. The minimum Gasteiger partial charge on any atom is -0.390 e. The summed E-state index contributed by atoms with van der Waals surface area (Å²) in [5.41, 5.74) is -0.190. The van der Waals surface area contributed by atoms with Gasteiger partial charge in [-0.05, 0) is 45.7 Å². The van der Waals surface area contributed by atoms with Crippen molar-refractivity contribution in [3.8, 4) is 0 Å². The van der Waals surface area contributed by atoms with Gasteiger partial charge in [-0.3, -0.25) is 0 Å². The zero-order valence-electron chi connectivity index (χ0n) is 13.3. The fourth-order valence-corrected chi connectivity index (χ4v) is 4.46. The molecule has 1 N–H and O–H groups in total. The monoisotopic (exact) mass is 336 g/mol. The molecule has 0 radical (unpaired) electrons. The third-order valence-electron chi connectivity index (χ3n) is 2.82. The van der Waals surface area contributed by atoms with Crippen molar-refractivity contribution in [2.45, 2.75) is 58.5 Å². The van der Waals surface area contributed by atoms with Crippen LogP contribution in [-0.2, 0) is 21.4 Å². The molecule has 126 valence electrons. The van der Waals surface area contributed by atoms with Crippen LogP contribution >= 0.6 is 0 Å². The van der Waals surface area contributed by atoms with Crippen molar-refractivity contribution in [1.29, 1.82) is 0 Å². The lowest BCUT2D eigenvalue weighted by atomic mass is 10.1. The highest BCUT2D eigenvalue weighted by molar-refractivity contribution is 6.59. The van der Waals surface area contributed by atoms with Crippen LogP contribution in [-0.4, -0.2) is 25.8 Å². The number of aryl methyl sites for hydroxylation is 1. The van der Waals surface area contributed by atoms with Crippen LogP contribution < -0.4 is 0 Å². The van der Waals surface area contributed by atoms with Crippen LogP contribution in [0.4, 0.5) is 13.2 Å². The van der Waals surface area contributed by atoms with Crippen LogP contribution in [0.2, 0.25) is 6.04 Å². The van der Waals surface area contributed by atoms with Crippen LogP contribution in [0.1, 0.15) is 38.8 Å². The first kappa shape index (κ1) is 19.2. The van der Waals surface area contributed by atoms with Crippen molar-refractivity contribution in [1.82, 2.24) is 0 Å². The molecule has 0 aliphatic heterocycles. The van der Waals surface area contributed by atoms with Gasteiger partial charge >= 0.3 is 15.0 Å². The van der Waals surface area contributed by atoms with Gasteiger partial charge in [0.25, 0.3) is 0 Å². The summed E-state index contributed by atoms with van der Waals surface area (Å²) in [6.07, 6.45) is -4.52. The molecule has 1 aromatic carbocycles. The molecule has 1 aromatic rings. The molecule has 0 aromatic heterocycles. The zero-order chi connectivity index (χ0) is 17.0. The highest BCUT2D eigenvalue weighted by Gasteiger charge is 2.39. The topological polar surface area (TPSA) is 38.7 Å². The van der Waals surface area contributed by atoms with Crippen molar-refractivity contribution in [3.63, 3.8) is 0 Å². The third kappa shape index (κ3) is 6.47. The lowest BCUT2D eigenvalue weighted by molar-refractivity contribution is -0.137. The quantitative estimate of drug-likeness (QED) is 0.764. The minimum absolute atomic E-state index is 0.185. The van der Waals surface area contributed by atoms with Crippen molar-refractivity contribution in [2.75, 3.05) is 0 Å². The fourth-order valence-electron chi connectivity index (χ4n) is 2.09. The van der Waals surface area contributed by atoms with Gasteiger partial charge in [-0.2, -0.15) is 13.2 Å². The Bertz CT molecular complexity index is 465. The largest absolute Gasteiger partial charge is 0.498 e. The molecule has 3 nitrogen and oxygen atoms in total. The SMILES string of the molecule is CC(C)O[Si](O)(CCc1cccc(C(F)(F)F)c1)OC(C)C. The predicted octanol–water partition coefficient (Wildman–Crippen LogP) is 4.03. The highest BCUT2D eigenvalue weighted by Crippen LogP contribution is 2.30. The first-order valence-electron chi connectivity index (χ1n) is 7.26. The molecular formula is C15H23F3O3Si. The number of halogens is 3. The summed E-state index contributed by atoms with van der Waals surface area (Å²) in [5.74, 6) is 0. The summed E-state index contributed by atoms with van der Waals surface area (Å²) in [5, 5.41) is 0. The van der Waals surface area contributed by atoms with E-state index >= 15 is 0 Å². The van der Waals surface area contributed by atoms with Gasteiger partial charge in [0.2, 0.25) is 0 Å². The van der Waals surface area contributed by atoms with Crippen LogP contribution in [0.5, 0.6) is 0 Å². The minimum atomic E-state index is -4.37. The van der Waals surface area contributed by atoms with E-state index in [1.54, 1.807) is 33.8 Å². The van der Waals surface area contributed by atoms with Gasteiger partial charge < -0.3 is 13.6 Å². The molecule has 0 spiro atoms.